The summed E-state index contributed by atoms with van der Waals surface area (Å²) in [4.78, 5) is 12.6. The van der Waals surface area contributed by atoms with Crippen LogP contribution in [0.25, 0.3) is 0 Å². The second-order valence-electron chi connectivity index (χ2n) is 2.83. The van der Waals surface area contributed by atoms with Crippen LogP contribution in [0.5, 0.6) is 5.75 Å². The average molecular weight is 223 g/mol. The van der Waals surface area contributed by atoms with Crippen LogP contribution in [0.1, 0.15) is 33.3 Å². The van der Waals surface area contributed by atoms with E-state index < -0.39 is 0 Å². The molecule has 1 aromatic carbocycles. The molecule has 2 rings (SSSR count). The van der Waals surface area contributed by atoms with E-state index in [2.05, 4.69) is 0 Å². The Morgan fingerprint density at radius 3 is 2.31 bits per heavy atom. The molecule has 0 aromatic heterocycles. The standard InChI is InChI=1S/C9H9NO2.2C2H6/c1-10-6-7-4-2-3-5-8(7)12-9(10)11;2*1-2/h2-5H,6H2,1H3;2*1-2H3. The maximum absolute atomic E-state index is 11.1. The van der Waals surface area contributed by atoms with E-state index in [9.17, 15) is 4.79 Å². The third-order valence-electron chi connectivity index (χ3n) is 1.89. The first-order valence-corrected chi connectivity index (χ1v) is 5.78. The number of fused-ring (bicyclic) bond motifs is 1. The summed E-state index contributed by atoms with van der Waals surface area (Å²) in [6.07, 6.45) is -0.284. The third-order valence-corrected chi connectivity index (χ3v) is 1.89. The summed E-state index contributed by atoms with van der Waals surface area (Å²) in [5.41, 5.74) is 1.06. The quantitative estimate of drug-likeness (QED) is 0.671. The molecular formula is C13H21NO2. The molecule has 0 radical (unpaired) electrons. The third kappa shape index (κ3) is 3.57. The SMILES string of the molecule is CC.CC.CN1Cc2ccccc2OC1=O. The van der Waals surface area contributed by atoms with E-state index in [-0.39, 0.29) is 6.09 Å². The van der Waals surface area contributed by atoms with Crippen LogP contribution in [0, 0.1) is 0 Å². The predicted octanol–water partition coefficient (Wildman–Crippen LogP) is 3.68. The molecule has 0 aliphatic carbocycles. The van der Waals surface area contributed by atoms with Gasteiger partial charge in [0.2, 0.25) is 0 Å². The minimum Gasteiger partial charge on any atom is -0.410 e. The molecule has 1 heterocycles. The average Bonchev–Trinajstić information content (AvgIpc) is 2.36. The molecule has 0 atom stereocenters. The van der Waals surface area contributed by atoms with Crippen molar-refractivity contribution in [1.82, 2.24) is 4.90 Å². The van der Waals surface area contributed by atoms with Crippen LogP contribution in [0.4, 0.5) is 4.79 Å². The number of rotatable bonds is 0. The number of hydrogen-bond donors (Lipinski definition) is 0. The van der Waals surface area contributed by atoms with Crippen molar-refractivity contribution in [3.63, 3.8) is 0 Å². The lowest BCUT2D eigenvalue weighted by atomic mass is 10.2. The summed E-state index contributed by atoms with van der Waals surface area (Å²) >= 11 is 0. The number of benzene rings is 1. The van der Waals surface area contributed by atoms with Gasteiger partial charge in [0.1, 0.15) is 5.75 Å². The Kier molecular flexibility index (Phi) is 7.01. The largest absolute Gasteiger partial charge is 0.415 e. The van der Waals surface area contributed by atoms with Gasteiger partial charge in [-0.25, -0.2) is 4.79 Å². The van der Waals surface area contributed by atoms with Gasteiger partial charge in [-0.2, -0.15) is 0 Å². The molecule has 0 fully saturated rings. The fourth-order valence-electron chi connectivity index (χ4n) is 1.23. The Bertz CT molecular complexity index is 323. The first-order chi connectivity index (χ1) is 7.77. The van der Waals surface area contributed by atoms with Gasteiger partial charge in [0.05, 0.1) is 6.54 Å². The van der Waals surface area contributed by atoms with Crippen LogP contribution in [0.3, 0.4) is 0 Å². The van der Waals surface area contributed by atoms with Gasteiger partial charge in [-0.15, -0.1) is 0 Å². The lowest BCUT2D eigenvalue weighted by Crippen LogP contribution is -2.33. The molecule has 16 heavy (non-hydrogen) atoms. The molecule has 1 aromatic rings. The smallest absolute Gasteiger partial charge is 0.410 e. The van der Waals surface area contributed by atoms with Crippen LogP contribution < -0.4 is 4.74 Å². The molecule has 0 N–H and O–H groups in total. The lowest BCUT2D eigenvalue weighted by molar-refractivity contribution is 0.150. The number of nitrogens with zero attached hydrogens (tertiary/aromatic N) is 1. The highest BCUT2D eigenvalue weighted by Crippen LogP contribution is 2.23. The van der Waals surface area contributed by atoms with Crippen LogP contribution in [-0.4, -0.2) is 18.0 Å². The van der Waals surface area contributed by atoms with Gasteiger partial charge >= 0.3 is 6.09 Å². The van der Waals surface area contributed by atoms with E-state index in [1.807, 2.05) is 45.9 Å². The Morgan fingerprint density at radius 1 is 1.12 bits per heavy atom. The monoisotopic (exact) mass is 223 g/mol. The number of carbonyl (C=O) groups excluding carboxylic acids is 1. The van der Waals surface area contributed by atoms with E-state index in [1.54, 1.807) is 18.0 Å². The highest BCUT2D eigenvalue weighted by molar-refractivity contribution is 5.72. The van der Waals surface area contributed by atoms with Crippen LogP contribution >= 0.6 is 0 Å². The number of amides is 1. The molecule has 90 valence electrons. The maximum atomic E-state index is 11.1. The highest BCUT2D eigenvalue weighted by Gasteiger charge is 2.20. The normalized spacial score (nSPS) is 12.3. The predicted molar refractivity (Wildman–Crippen MR) is 66.6 cm³/mol. The van der Waals surface area contributed by atoms with Gasteiger partial charge in [0, 0.05) is 12.6 Å². The lowest BCUT2D eigenvalue weighted by Gasteiger charge is -2.23. The van der Waals surface area contributed by atoms with Gasteiger partial charge in [-0.3, -0.25) is 0 Å². The molecule has 1 amide bonds. The first kappa shape index (κ1) is 14.5. The van der Waals surface area contributed by atoms with E-state index in [0.717, 1.165) is 5.56 Å². The summed E-state index contributed by atoms with van der Waals surface area (Å²) in [5, 5.41) is 0. The zero-order valence-electron chi connectivity index (χ0n) is 10.8. The molecule has 0 unspecified atom stereocenters. The Balaban J connectivity index is 0.000000509. The summed E-state index contributed by atoms with van der Waals surface area (Å²) < 4.78 is 5.03. The Hall–Kier alpha value is -1.51. The fourth-order valence-corrected chi connectivity index (χ4v) is 1.23. The molecular weight excluding hydrogens is 202 g/mol. The molecule has 3 heteroatoms. The number of para-hydroxylation sites is 1. The van der Waals surface area contributed by atoms with Gasteiger partial charge in [-0.1, -0.05) is 45.9 Å². The summed E-state index contributed by atoms with van der Waals surface area (Å²) in [6, 6.07) is 7.56. The molecule has 0 spiro atoms. The van der Waals surface area contributed by atoms with E-state index in [1.165, 1.54) is 0 Å². The van der Waals surface area contributed by atoms with Crippen LogP contribution in [-0.2, 0) is 6.54 Å². The van der Waals surface area contributed by atoms with Crippen molar-refractivity contribution in [2.24, 2.45) is 0 Å². The van der Waals surface area contributed by atoms with E-state index in [4.69, 9.17) is 4.74 Å². The zero-order valence-corrected chi connectivity index (χ0v) is 10.8. The maximum Gasteiger partial charge on any atom is 0.415 e. The van der Waals surface area contributed by atoms with Crippen molar-refractivity contribution >= 4 is 6.09 Å². The fraction of sp³-hybridized carbons (Fsp3) is 0.462. The molecule has 1 aliphatic heterocycles. The van der Waals surface area contributed by atoms with Gasteiger partial charge < -0.3 is 9.64 Å². The Morgan fingerprint density at radius 2 is 1.69 bits per heavy atom. The van der Waals surface area contributed by atoms with Crippen molar-refractivity contribution in [3.8, 4) is 5.75 Å². The topological polar surface area (TPSA) is 29.5 Å². The second kappa shape index (κ2) is 7.74. The van der Waals surface area contributed by atoms with E-state index in [0.29, 0.717) is 12.3 Å². The van der Waals surface area contributed by atoms with Crippen molar-refractivity contribution in [1.29, 1.82) is 0 Å². The molecule has 0 bridgehead atoms. The summed E-state index contributed by atoms with van der Waals surface area (Å²) in [7, 11) is 1.72. The van der Waals surface area contributed by atoms with Gasteiger partial charge in [0.25, 0.3) is 0 Å². The number of ether oxygens (including phenoxy) is 1. The number of carbonyl (C=O) groups is 1. The minimum atomic E-state index is -0.284. The van der Waals surface area contributed by atoms with Crippen LogP contribution in [0.2, 0.25) is 0 Å². The van der Waals surface area contributed by atoms with Crippen molar-refractivity contribution in [3.05, 3.63) is 29.8 Å². The Labute approximate surface area is 98.0 Å². The first-order valence-electron chi connectivity index (χ1n) is 5.78. The summed E-state index contributed by atoms with van der Waals surface area (Å²) in [5.74, 6) is 0.681. The van der Waals surface area contributed by atoms with Crippen molar-refractivity contribution < 1.29 is 9.53 Å². The minimum absolute atomic E-state index is 0.284. The molecule has 0 saturated heterocycles. The van der Waals surface area contributed by atoms with Gasteiger partial charge in [-0.05, 0) is 6.07 Å². The highest BCUT2D eigenvalue weighted by atomic mass is 16.6. The second-order valence-corrected chi connectivity index (χ2v) is 2.83. The molecule has 3 nitrogen and oxygen atoms in total. The zero-order chi connectivity index (χ0) is 12.6. The summed E-state index contributed by atoms with van der Waals surface area (Å²) in [6.45, 7) is 8.63. The molecule has 0 saturated carbocycles. The van der Waals surface area contributed by atoms with Crippen molar-refractivity contribution in [2.75, 3.05) is 7.05 Å². The van der Waals surface area contributed by atoms with Gasteiger partial charge in [0.15, 0.2) is 0 Å². The van der Waals surface area contributed by atoms with E-state index >= 15 is 0 Å². The van der Waals surface area contributed by atoms with Crippen molar-refractivity contribution in [2.45, 2.75) is 34.2 Å². The molecule has 1 aliphatic rings. The number of hydrogen-bond acceptors (Lipinski definition) is 2. The van der Waals surface area contributed by atoms with Crippen LogP contribution in [0.15, 0.2) is 24.3 Å².